The molecule has 1 aromatic heterocycles. The normalized spacial score (nSPS) is 11.6. The van der Waals surface area contributed by atoms with Crippen LogP contribution in [0.25, 0.3) is 0 Å². The van der Waals surface area contributed by atoms with E-state index in [1.54, 1.807) is 79.9 Å². The summed E-state index contributed by atoms with van der Waals surface area (Å²) in [5, 5.41) is 23.7. The van der Waals surface area contributed by atoms with Crippen LogP contribution in [0.15, 0.2) is 30.5 Å². The highest BCUT2D eigenvalue weighted by molar-refractivity contribution is 5.99. The van der Waals surface area contributed by atoms with Crippen molar-refractivity contribution >= 4 is 118 Å². The molecule has 0 saturated carbocycles. The van der Waals surface area contributed by atoms with Gasteiger partial charge in [0.1, 0.15) is 25.2 Å². The summed E-state index contributed by atoms with van der Waals surface area (Å²) < 4.78 is 6.62. The number of hydrogen-bond acceptors (Lipinski definition) is 22. The largest absolute Gasteiger partial charge is 0.445 e. The van der Waals surface area contributed by atoms with Gasteiger partial charge in [-0.2, -0.15) is 0 Å². The lowest BCUT2D eigenvalue weighted by atomic mass is 10.0. The highest BCUT2D eigenvalue weighted by Gasteiger charge is 2.32. The molecule has 19 amide bonds. The van der Waals surface area contributed by atoms with Crippen LogP contribution in [0.2, 0.25) is 0 Å². The highest BCUT2D eigenvalue weighted by Crippen LogP contribution is 2.15. The zero-order valence-corrected chi connectivity index (χ0v) is 69.7. The number of aromatic nitrogens is 3. The number of carbonyl (C=O) groups excluding carboxylic acids is 19. The predicted octanol–water partition coefficient (Wildman–Crippen LogP) is -4.57. The Balaban J connectivity index is 1.80. The molecule has 1 heterocycles. The molecular weight excluding hydrogens is 1500 g/mol. The van der Waals surface area contributed by atoms with E-state index in [1.165, 1.54) is 98.1 Å². The molecule has 0 unspecified atom stereocenters. The smallest absolute Gasteiger partial charge is 0.409 e. The first-order valence-electron chi connectivity index (χ1n) is 37.2. The summed E-state index contributed by atoms with van der Waals surface area (Å²) in [7, 11) is 16.4. The molecule has 2 aromatic rings. The first kappa shape index (κ1) is 99.2. The average molecular weight is 1620 g/mol. The van der Waals surface area contributed by atoms with Crippen molar-refractivity contribution in [2.75, 3.05) is 182 Å². The monoisotopic (exact) mass is 1620 g/mol. The van der Waals surface area contributed by atoms with E-state index in [-0.39, 0.29) is 95.0 Å². The van der Waals surface area contributed by atoms with Crippen LogP contribution >= 0.6 is 0 Å². The van der Waals surface area contributed by atoms with E-state index < -0.39 is 184 Å². The van der Waals surface area contributed by atoms with E-state index >= 15 is 0 Å². The molecule has 42 nitrogen and oxygen atoms in total. The number of nitrogens with two attached hydrogens (primary N) is 1. The molecule has 0 spiro atoms. The van der Waals surface area contributed by atoms with Crippen molar-refractivity contribution < 1.29 is 95.8 Å². The van der Waals surface area contributed by atoms with Crippen molar-refractivity contribution in [1.29, 1.82) is 0 Å². The van der Waals surface area contributed by atoms with Crippen LogP contribution in [0.1, 0.15) is 85.4 Å². The molecule has 0 aliphatic rings. The summed E-state index contributed by atoms with van der Waals surface area (Å²) in [6, 6.07) is 2.61. The van der Waals surface area contributed by atoms with Gasteiger partial charge in [0.2, 0.25) is 94.5 Å². The summed E-state index contributed by atoms with van der Waals surface area (Å²) in [5.74, 6) is -10.5. The summed E-state index contributed by atoms with van der Waals surface area (Å²) in [4.78, 5) is 258. The number of benzene rings is 1. The number of hydrogen-bond donors (Lipinski definition) is 7. The third-order valence-electron chi connectivity index (χ3n) is 17.9. The van der Waals surface area contributed by atoms with E-state index in [1.807, 2.05) is 0 Å². The van der Waals surface area contributed by atoms with Gasteiger partial charge < -0.3 is 101 Å². The van der Waals surface area contributed by atoms with Crippen molar-refractivity contribution in [3.63, 3.8) is 0 Å². The van der Waals surface area contributed by atoms with Crippen LogP contribution in [0.4, 0.5) is 15.3 Å². The fourth-order valence-corrected chi connectivity index (χ4v) is 10.3. The second-order valence-corrected chi connectivity index (χ2v) is 29.2. The van der Waals surface area contributed by atoms with Gasteiger partial charge in [0.15, 0.2) is 5.78 Å². The number of urea groups is 1. The van der Waals surface area contributed by atoms with Crippen molar-refractivity contribution in [2.24, 2.45) is 23.5 Å². The number of nitrogens with zero attached hydrogens (tertiary/aromatic N) is 15. The number of amides is 19. The quantitative estimate of drug-likeness (QED) is 0.0307. The van der Waals surface area contributed by atoms with Gasteiger partial charge in [-0.05, 0) is 43.4 Å². The number of rotatable bonds is 47. The van der Waals surface area contributed by atoms with Crippen molar-refractivity contribution in [1.82, 2.24) is 100 Å². The Morgan fingerprint density at radius 1 is 0.443 bits per heavy atom. The second kappa shape index (κ2) is 48.9. The Morgan fingerprint density at radius 2 is 0.861 bits per heavy atom. The SMILES string of the molecule is CC(C)C(=O)[C@H](C)NC(=O)CN(C)C(=O)CN(C)C(=O)CN(C)C(=O)CN(C)C(=O)CN(C)C(=O)CN(C)C(=O)CN(C)C(=O)CN(C)C(=O)CN(C)C(=O)CN(C)C(=O)CCNC(=O)CCc1cn(CC(=O)N[C@H](C(=O)N[C@@H](CCCNC(N)=O)C(=O)Nc2ccc(COC(=O)N(C)CCN(C)C(=O)C(C)C)cc2)C(C)C)nn1. The average Bonchev–Trinajstić information content (AvgIpc) is 1.75. The molecule has 42 heteroatoms. The van der Waals surface area contributed by atoms with Crippen LogP contribution < -0.4 is 37.6 Å². The van der Waals surface area contributed by atoms with Crippen LogP contribution in [0.5, 0.6) is 0 Å². The van der Waals surface area contributed by atoms with E-state index in [4.69, 9.17) is 10.5 Å². The minimum absolute atomic E-state index is 0.0533. The molecule has 115 heavy (non-hydrogen) atoms. The van der Waals surface area contributed by atoms with Gasteiger partial charge in [-0.15, -0.1) is 5.10 Å². The van der Waals surface area contributed by atoms with Crippen molar-refractivity contribution in [3.8, 4) is 0 Å². The Kier molecular flexibility index (Phi) is 42.2. The molecule has 0 bridgehead atoms. The first-order valence-corrected chi connectivity index (χ1v) is 37.2. The molecule has 0 aliphatic carbocycles. The Labute approximate surface area is 670 Å². The standard InChI is InChI=1S/C73H118N22O20/c1-46(2)67(70(111)79-53(21-20-29-76-72(74)113)69(110)78-51-24-22-50(23-25-51)45-115-73(114)84(9)32-31-83(8)71(112)48(5)6)80-56(98)35-95-33-52(81-82-95)26-27-54(96)75-30-28-57(99)86(11)36-59(101)88(13)38-61(103)90(15)40-63(105)92(17)42-65(107)94(19)44-66(108)93(18)43-64(106)91(16)41-62(104)89(14)39-60(102)87(12)37-58(100)85(10)34-55(97)77-49(7)68(109)47(3)4/h22-25,33,46-49,53,67H,20-21,26-32,34-45H2,1-19H3,(H,75,96)(H,77,97)(H,78,110)(H,79,111)(H,80,98)(H3,74,76,113)/t49-,53-,67-/m0/s1. The zero-order chi connectivity index (χ0) is 87.4. The summed E-state index contributed by atoms with van der Waals surface area (Å²) in [5.41, 5.74) is 6.51. The Morgan fingerprint density at radius 3 is 1.27 bits per heavy atom. The summed E-state index contributed by atoms with van der Waals surface area (Å²) in [6.45, 7) is 7.22. The number of likely N-dealkylation sites (N-methyl/N-ethyl adjacent to an activating group) is 12. The summed E-state index contributed by atoms with van der Waals surface area (Å²) in [6.07, 6.45) is 0.904. The summed E-state index contributed by atoms with van der Waals surface area (Å²) >= 11 is 0. The maximum absolute atomic E-state index is 13.8. The molecule has 3 atom stereocenters. The zero-order valence-electron chi connectivity index (χ0n) is 69.7. The number of nitrogens with one attached hydrogen (secondary N) is 6. The fraction of sp³-hybridized carbons (Fsp3) is 0.630. The number of primary amides is 1. The van der Waals surface area contributed by atoms with Crippen LogP contribution in [-0.2, 0) is 106 Å². The molecule has 640 valence electrons. The van der Waals surface area contributed by atoms with Gasteiger partial charge in [0.05, 0.1) is 77.2 Å². The Bertz CT molecular complexity index is 3760. The lowest BCUT2D eigenvalue weighted by molar-refractivity contribution is -0.146. The maximum Gasteiger partial charge on any atom is 0.409 e. The van der Waals surface area contributed by atoms with Gasteiger partial charge in [-0.1, -0.05) is 58.9 Å². The molecule has 0 fully saturated rings. The molecule has 0 radical (unpaired) electrons. The topological polar surface area (TPSA) is 501 Å². The Hall–Kier alpha value is -11.9. The van der Waals surface area contributed by atoms with Gasteiger partial charge in [-0.3, -0.25) is 81.5 Å². The fourth-order valence-electron chi connectivity index (χ4n) is 10.3. The number of anilines is 1. The van der Waals surface area contributed by atoms with Crippen molar-refractivity contribution in [2.45, 2.75) is 112 Å². The predicted molar refractivity (Wildman–Crippen MR) is 416 cm³/mol. The van der Waals surface area contributed by atoms with Gasteiger partial charge in [-0.25, -0.2) is 14.3 Å². The number of ether oxygens (including phenoxy) is 1. The van der Waals surface area contributed by atoms with Crippen LogP contribution in [0, 0.1) is 17.8 Å². The van der Waals surface area contributed by atoms with E-state index in [0.717, 1.165) is 49.0 Å². The van der Waals surface area contributed by atoms with Gasteiger partial charge in [0.25, 0.3) is 0 Å². The van der Waals surface area contributed by atoms with Crippen LogP contribution in [0.3, 0.4) is 0 Å². The highest BCUT2D eigenvalue weighted by atomic mass is 16.6. The lowest BCUT2D eigenvalue weighted by Gasteiger charge is -2.27. The molecular formula is C73H118N22O20. The number of Topliss-reactive ketones (excluding diaryl/α,β-unsaturated/α-hetero) is 1. The molecule has 8 N–H and O–H groups in total. The number of ketones is 1. The number of carbonyl (C=O) groups is 19. The minimum Gasteiger partial charge on any atom is -0.445 e. The van der Waals surface area contributed by atoms with Gasteiger partial charge >= 0.3 is 12.1 Å². The third-order valence-corrected chi connectivity index (χ3v) is 17.9. The van der Waals surface area contributed by atoms with E-state index in [2.05, 4.69) is 42.2 Å². The second-order valence-electron chi connectivity index (χ2n) is 29.2. The minimum atomic E-state index is -1.15. The van der Waals surface area contributed by atoms with E-state index in [0.29, 0.717) is 23.5 Å². The van der Waals surface area contributed by atoms with Crippen LogP contribution in [-0.4, -0.2) is 381 Å². The molecule has 2 rings (SSSR count). The number of aryl methyl sites for hydroxylation is 1. The first-order chi connectivity index (χ1) is 53.6. The molecule has 0 saturated heterocycles. The molecule has 0 aliphatic heterocycles. The maximum atomic E-state index is 13.8. The third kappa shape index (κ3) is 36.6. The lowest BCUT2D eigenvalue weighted by Crippen LogP contribution is -2.55. The van der Waals surface area contributed by atoms with E-state index in [9.17, 15) is 91.1 Å². The van der Waals surface area contributed by atoms with Crippen molar-refractivity contribution in [3.05, 3.63) is 41.7 Å². The molecule has 1 aromatic carbocycles. The van der Waals surface area contributed by atoms with Gasteiger partial charge in [0, 0.05) is 154 Å².